The Morgan fingerprint density at radius 1 is 1.30 bits per heavy atom. The molecule has 0 aliphatic rings. The van der Waals surface area contributed by atoms with E-state index in [1.807, 2.05) is 6.07 Å². The number of phenolic OH excluding ortho intramolecular Hbond substituents is 1. The number of carbonyl (C=O) groups is 1. The molecule has 0 unspecified atom stereocenters. The molecule has 0 aliphatic heterocycles. The van der Waals surface area contributed by atoms with E-state index in [9.17, 15) is 9.90 Å². The van der Waals surface area contributed by atoms with Gasteiger partial charge >= 0.3 is 5.97 Å². The van der Waals surface area contributed by atoms with E-state index in [0.717, 1.165) is 11.3 Å². The molecule has 6 heteroatoms. The molecule has 0 amide bonds. The smallest absolute Gasteiger partial charge is 0.306 e. The van der Waals surface area contributed by atoms with Gasteiger partial charge < -0.3 is 9.84 Å². The summed E-state index contributed by atoms with van der Waals surface area (Å²) in [6.07, 6.45) is 2.41. The maximum absolute atomic E-state index is 11.4. The van der Waals surface area contributed by atoms with Gasteiger partial charge in [0, 0.05) is 18.1 Å². The summed E-state index contributed by atoms with van der Waals surface area (Å²) in [6, 6.07) is 10.4. The molecule has 1 heterocycles. The molecular weight excluding hydrogens is 294 g/mol. The molecule has 23 heavy (non-hydrogen) atoms. The summed E-state index contributed by atoms with van der Waals surface area (Å²) in [5.74, 6) is 0.459. The van der Waals surface area contributed by atoms with Gasteiger partial charge in [0.15, 0.2) is 0 Å². The van der Waals surface area contributed by atoms with Crippen molar-refractivity contribution in [1.29, 1.82) is 0 Å². The number of aromatic hydroxyl groups is 1. The van der Waals surface area contributed by atoms with Gasteiger partial charge in [-0.3, -0.25) is 10.5 Å². The number of esters is 1. The fourth-order valence-electron chi connectivity index (χ4n) is 2.03. The Kier molecular flexibility index (Phi) is 5.68. The highest BCUT2D eigenvalue weighted by atomic mass is 16.5. The molecule has 0 bridgehead atoms. The van der Waals surface area contributed by atoms with Crippen LogP contribution in [0.3, 0.4) is 0 Å². The van der Waals surface area contributed by atoms with E-state index in [-0.39, 0.29) is 18.3 Å². The third-order valence-electron chi connectivity index (χ3n) is 3.21. The van der Waals surface area contributed by atoms with Crippen LogP contribution in [0.2, 0.25) is 0 Å². The minimum absolute atomic E-state index is 0.204. The molecule has 0 atom stereocenters. The molecule has 0 spiro atoms. The van der Waals surface area contributed by atoms with Gasteiger partial charge in [-0.2, -0.15) is 0 Å². The van der Waals surface area contributed by atoms with Crippen LogP contribution in [0.25, 0.3) is 11.3 Å². The third-order valence-corrected chi connectivity index (χ3v) is 3.21. The van der Waals surface area contributed by atoms with Gasteiger partial charge in [-0.15, -0.1) is 4.68 Å². The first kappa shape index (κ1) is 16.5. The predicted octanol–water partition coefficient (Wildman–Crippen LogP) is 1.83. The van der Waals surface area contributed by atoms with Crippen LogP contribution in [-0.2, 0) is 16.1 Å². The van der Waals surface area contributed by atoms with Crippen molar-refractivity contribution in [1.82, 2.24) is 5.10 Å². The van der Waals surface area contributed by atoms with E-state index in [1.165, 1.54) is 6.08 Å². The number of hydrogen-bond acceptors (Lipinski definition) is 5. The Hall–Kier alpha value is -2.89. The lowest BCUT2D eigenvalue weighted by Crippen LogP contribution is -2.41. The van der Waals surface area contributed by atoms with Gasteiger partial charge in [0.25, 0.3) is 5.82 Å². The fraction of sp³-hybridized carbons (Fsp3) is 0.235. The summed E-state index contributed by atoms with van der Waals surface area (Å²) in [5.41, 5.74) is 7.54. The zero-order valence-corrected chi connectivity index (χ0v) is 12.8. The molecule has 6 nitrogen and oxygen atoms in total. The Morgan fingerprint density at radius 3 is 2.74 bits per heavy atom. The Labute approximate surface area is 134 Å². The van der Waals surface area contributed by atoms with Crippen molar-refractivity contribution in [2.24, 2.45) is 0 Å². The number of phenols is 1. The van der Waals surface area contributed by atoms with E-state index in [0.29, 0.717) is 25.2 Å². The van der Waals surface area contributed by atoms with Gasteiger partial charge in [-0.05, 0) is 36.8 Å². The number of benzene rings is 1. The van der Waals surface area contributed by atoms with Crippen molar-refractivity contribution >= 4 is 11.8 Å². The molecule has 1 aromatic carbocycles. The van der Waals surface area contributed by atoms with Crippen molar-refractivity contribution in [3.63, 3.8) is 0 Å². The number of nitrogens with zero attached hydrogens (tertiary/aromatic N) is 2. The van der Waals surface area contributed by atoms with Crippen LogP contribution in [0.15, 0.2) is 49.1 Å². The number of hydrogen-bond donors (Lipinski definition) is 2. The summed E-state index contributed by atoms with van der Waals surface area (Å²) in [6.45, 7) is 4.23. The maximum Gasteiger partial charge on any atom is 0.306 e. The average Bonchev–Trinajstić information content (AvgIpc) is 2.55. The van der Waals surface area contributed by atoms with Crippen LogP contribution in [0.1, 0.15) is 12.8 Å². The van der Waals surface area contributed by atoms with Gasteiger partial charge in [0.1, 0.15) is 24.6 Å². The highest BCUT2D eigenvalue weighted by Gasteiger charge is 2.11. The molecule has 120 valence electrons. The van der Waals surface area contributed by atoms with E-state index >= 15 is 0 Å². The molecular formula is C17H20N3O3+. The molecule has 1 aromatic heterocycles. The lowest BCUT2D eigenvalue weighted by molar-refractivity contribution is -0.739. The number of anilines is 1. The number of nitrogen functional groups attached to an aromatic ring is 1. The second kappa shape index (κ2) is 7.93. The van der Waals surface area contributed by atoms with Crippen molar-refractivity contribution in [3.8, 4) is 17.0 Å². The number of nitrogens with two attached hydrogens (primary N) is 1. The van der Waals surface area contributed by atoms with Crippen molar-refractivity contribution in [3.05, 3.63) is 49.1 Å². The molecule has 2 rings (SSSR count). The second-order valence-corrected chi connectivity index (χ2v) is 4.99. The average molecular weight is 314 g/mol. The molecule has 0 fully saturated rings. The molecule has 0 aliphatic carbocycles. The first-order valence-electron chi connectivity index (χ1n) is 7.32. The van der Waals surface area contributed by atoms with Crippen LogP contribution in [0.5, 0.6) is 5.75 Å². The monoisotopic (exact) mass is 314 g/mol. The van der Waals surface area contributed by atoms with E-state index in [4.69, 9.17) is 10.5 Å². The zero-order valence-electron chi connectivity index (χ0n) is 12.8. The van der Waals surface area contributed by atoms with Crippen molar-refractivity contribution in [2.75, 3.05) is 12.3 Å². The number of aromatic nitrogens is 2. The summed E-state index contributed by atoms with van der Waals surface area (Å²) in [7, 11) is 0. The summed E-state index contributed by atoms with van der Waals surface area (Å²) in [5, 5.41) is 13.8. The highest BCUT2D eigenvalue weighted by molar-refractivity contribution is 5.69. The Morgan fingerprint density at radius 2 is 2.04 bits per heavy atom. The van der Waals surface area contributed by atoms with Crippen molar-refractivity contribution in [2.45, 2.75) is 19.4 Å². The van der Waals surface area contributed by atoms with Gasteiger partial charge in [-0.25, -0.2) is 0 Å². The molecule has 3 N–H and O–H groups in total. The van der Waals surface area contributed by atoms with E-state index < -0.39 is 0 Å². The molecule has 0 saturated heterocycles. The largest absolute Gasteiger partial charge is 0.508 e. The van der Waals surface area contributed by atoms with E-state index in [2.05, 4.69) is 11.7 Å². The standard InChI is InChI=1S/C17H19N3O3/c1-2-12-23-17(22)4-3-11-20-16(18)10-9-15(19-20)13-5-7-14(21)8-6-13/h2,5-10,18H,1,3-4,11-12H2,(H,19,21)/p+1. The first-order chi connectivity index (χ1) is 11.1. The summed E-state index contributed by atoms with van der Waals surface area (Å²) in [4.78, 5) is 11.4. The van der Waals surface area contributed by atoms with Crippen LogP contribution in [0.4, 0.5) is 5.82 Å². The fourth-order valence-corrected chi connectivity index (χ4v) is 2.03. The quantitative estimate of drug-likeness (QED) is 0.462. The van der Waals surface area contributed by atoms with E-state index in [1.54, 1.807) is 35.0 Å². The SMILES string of the molecule is C=CCOC(=O)CCC[n+]1nc(-c2ccc(O)cc2)ccc1N. The number of carbonyl (C=O) groups excluding carboxylic acids is 1. The summed E-state index contributed by atoms with van der Waals surface area (Å²) >= 11 is 0. The minimum Gasteiger partial charge on any atom is -0.508 e. The minimum atomic E-state index is -0.265. The number of rotatable bonds is 7. The van der Waals surface area contributed by atoms with Gasteiger partial charge in [-0.1, -0.05) is 17.8 Å². The lowest BCUT2D eigenvalue weighted by atomic mass is 10.1. The van der Waals surface area contributed by atoms with Crippen molar-refractivity contribution < 1.29 is 19.3 Å². The summed E-state index contributed by atoms with van der Waals surface area (Å²) < 4.78 is 6.58. The number of aryl methyl sites for hydroxylation is 1. The lowest BCUT2D eigenvalue weighted by Gasteiger charge is -2.05. The maximum atomic E-state index is 11.4. The van der Waals surface area contributed by atoms with Gasteiger partial charge in [0.2, 0.25) is 0 Å². The van der Waals surface area contributed by atoms with Gasteiger partial charge in [0.05, 0.1) is 0 Å². The third kappa shape index (κ3) is 4.81. The normalized spacial score (nSPS) is 10.3. The van der Waals surface area contributed by atoms with Crippen LogP contribution in [0, 0.1) is 0 Å². The molecule has 0 saturated carbocycles. The zero-order chi connectivity index (χ0) is 16.7. The Balaban J connectivity index is 2.01. The molecule has 0 radical (unpaired) electrons. The topological polar surface area (TPSA) is 89.3 Å². The van der Waals surface area contributed by atoms with Crippen LogP contribution in [-0.4, -0.2) is 22.8 Å². The van der Waals surface area contributed by atoms with Crippen LogP contribution >= 0.6 is 0 Å². The highest BCUT2D eigenvalue weighted by Crippen LogP contribution is 2.19. The predicted molar refractivity (Wildman–Crippen MR) is 86.3 cm³/mol. The first-order valence-corrected chi connectivity index (χ1v) is 7.32. The Bertz CT molecular complexity index is 684. The number of ether oxygens (including phenoxy) is 1. The van der Waals surface area contributed by atoms with Crippen LogP contribution < -0.4 is 10.4 Å². The molecule has 2 aromatic rings. The second-order valence-electron chi connectivity index (χ2n) is 4.99.